The van der Waals surface area contributed by atoms with Crippen LogP contribution in [0.25, 0.3) is 43.4 Å². The summed E-state index contributed by atoms with van der Waals surface area (Å²) in [4.78, 5) is 25.9. The predicted molar refractivity (Wildman–Crippen MR) is 147 cm³/mol. The van der Waals surface area contributed by atoms with Gasteiger partial charge in [0, 0.05) is 22.7 Å². The average molecular weight is 494 g/mol. The fourth-order valence-electron chi connectivity index (χ4n) is 4.50. The first-order valence-corrected chi connectivity index (χ1v) is 13.3. The summed E-state index contributed by atoms with van der Waals surface area (Å²) in [6.45, 7) is 2.11. The van der Waals surface area contributed by atoms with Crippen molar-refractivity contribution in [3.8, 4) is 11.4 Å². The van der Waals surface area contributed by atoms with Crippen LogP contribution in [0.15, 0.2) is 83.2 Å². The van der Waals surface area contributed by atoms with Gasteiger partial charge in [0.05, 0.1) is 27.1 Å². The van der Waals surface area contributed by atoms with Crippen LogP contribution in [-0.2, 0) is 11.2 Å². The second-order valence-electron chi connectivity index (χ2n) is 8.69. The number of aromatic nitrogens is 3. The van der Waals surface area contributed by atoms with Crippen molar-refractivity contribution in [3.63, 3.8) is 0 Å². The smallest absolute Gasteiger partial charge is 0.195 e. The van der Waals surface area contributed by atoms with Gasteiger partial charge in [0.15, 0.2) is 9.45 Å². The van der Waals surface area contributed by atoms with Crippen molar-refractivity contribution in [2.24, 2.45) is 0 Å². The Morgan fingerprint density at radius 2 is 1.77 bits per heavy atom. The predicted octanol–water partition coefficient (Wildman–Crippen LogP) is 7.94. The van der Waals surface area contributed by atoms with Gasteiger partial charge in [0.2, 0.25) is 0 Å². The summed E-state index contributed by atoms with van der Waals surface area (Å²) >= 11 is 2.84. The lowest BCUT2D eigenvalue weighted by Gasteiger charge is -2.06. The molecule has 0 bridgehead atoms. The quantitative estimate of drug-likeness (QED) is 0.239. The highest BCUT2D eigenvalue weighted by atomic mass is 32.2. The Hall–Kier alpha value is -3.48. The Balaban J connectivity index is 1.25. The van der Waals surface area contributed by atoms with Gasteiger partial charge in [-0.25, -0.2) is 9.97 Å². The molecule has 0 radical (unpaired) electrons. The monoisotopic (exact) mass is 493 g/mol. The maximum atomic E-state index is 12.7. The number of aryl methyl sites for hydroxylation is 2. The zero-order valence-corrected chi connectivity index (χ0v) is 20.9. The number of para-hydroxylation sites is 2. The number of H-pyrrole nitrogens is 1. The second-order valence-corrected chi connectivity index (χ2v) is 11.0. The van der Waals surface area contributed by atoms with Crippen LogP contribution in [0.1, 0.15) is 24.0 Å². The molecule has 0 amide bonds. The van der Waals surface area contributed by atoms with E-state index in [1.807, 2.05) is 42.5 Å². The van der Waals surface area contributed by atoms with Crippen LogP contribution in [0.2, 0.25) is 0 Å². The van der Waals surface area contributed by atoms with Crippen molar-refractivity contribution in [1.82, 2.24) is 15.0 Å². The minimum Gasteiger partial charge on any atom is -0.353 e. The molecule has 0 fully saturated rings. The molecule has 0 aliphatic rings. The molecule has 6 heteroatoms. The normalized spacial score (nSPS) is 11.6. The molecular weight excluding hydrogens is 470 g/mol. The van der Waals surface area contributed by atoms with E-state index in [0.717, 1.165) is 55.2 Å². The number of nitrogens with zero attached hydrogens (tertiary/aromatic N) is 2. The topological polar surface area (TPSA) is 58.6 Å². The molecule has 3 heterocycles. The first-order chi connectivity index (χ1) is 17.1. The highest BCUT2D eigenvalue weighted by molar-refractivity contribution is 8.15. The number of fused-ring (bicyclic) bond motifs is 3. The average Bonchev–Trinajstić information content (AvgIpc) is 3.44. The third-order valence-corrected chi connectivity index (χ3v) is 8.23. The van der Waals surface area contributed by atoms with E-state index in [4.69, 9.17) is 4.98 Å². The molecule has 0 aliphatic carbocycles. The zero-order chi connectivity index (χ0) is 23.8. The third kappa shape index (κ3) is 4.47. The van der Waals surface area contributed by atoms with E-state index in [0.29, 0.717) is 6.42 Å². The Kier molecular flexibility index (Phi) is 5.84. The van der Waals surface area contributed by atoms with Crippen LogP contribution in [0.4, 0.5) is 0 Å². The standard InChI is InChI=1S/C29H23N3OS2/c1-18-13-15-23-21(17-18)20(28(31-23)25-16-14-19-7-2-3-9-22(19)30-25)8-6-12-27(33)35-29-32-24-10-4-5-11-26(24)34-29/h2-5,7,9-11,13-17,31H,6,8,12H2,1H3. The van der Waals surface area contributed by atoms with E-state index in [9.17, 15) is 4.79 Å². The largest absolute Gasteiger partial charge is 0.353 e. The number of hydrogen-bond donors (Lipinski definition) is 1. The highest BCUT2D eigenvalue weighted by Gasteiger charge is 2.16. The Labute approximate surface area is 211 Å². The van der Waals surface area contributed by atoms with Crippen LogP contribution in [0.3, 0.4) is 0 Å². The summed E-state index contributed by atoms with van der Waals surface area (Å²) in [5.41, 5.74) is 7.46. The SMILES string of the molecule is Cc1ccc2[nH]c(-c3ccc4ccccc4n3)c(CCCC(=O)Sc3nc4ccccc4s3)c2c1. The van der Waals surface area contributed by atoms with Gasteiger partial charge in [-0.15, -0.1) is 11.3 Å². The van der Waals surface area contributed by atoms with E-state index in [1.165, 1.54) is 28.3 Å². The van der Waals surface area contributed by atoms with E-state index < -0.39 is 0 Å². The molecule has 0 unspecified atom stereocenters. The number of thioether (sulfide) groups is 1. The Morgan fingerprint density at radius 3 is 2.66 bits per heavy atom. The van der Waals surface area contributed by atoms with Crippen LogP contribution in [0, 0.1) is 6.92 Å². The fourth-order valence-corrected chi connectivity index (χ4v) is 6.49. The molecule has 4 nitrogen and oxygen atoms in total. The van der Waals surface area contributed by atoms with Crippen molar-refractivity contribution < 1.29 is 4.79 Å². The number of nitrogens with one attached hydrogen (secondary N) is 1. The summed E-state index contributed by atoms with van der Waals surface area (Å²) in [6.07, 6.45) is 2.08. The number of carbonyl (C=O) groups is 1. The van der Waals surface area contributed by atoms with Crippen LogP contribution >= 0.6 is 23.1 Å². The molecular formula is C29H23N3OS2. The van der Waals surface area contributed by atoms with Gasteiger partial charge < -0.3 is 4.98 Å². The molecule has 6 aromatic rings. The third-order valence-electron chi connectivity index (χ3n) is 6.20. The van der Waals surface area contributed by atoms with Gasteiger partial charge in [-0.1, -0.05) is 48.0 Å². The molecule has 1 N–H and O–H groups in total. The van der Waals surface area contributed by atoms with Crippen LogP contribution < -0.4 is 0 Å². The van der Waals surface area contributed by atoms with Gasteiger partial charge >= 0.3 is 0 Å². The molecule has 0 atom stereocenters. The molecule has 0 saturated carbocycles. The van der Waals surface area contributed by atoms with Crippen molar-refractivity contribution in [2.75, 3.05) is 0 Å². The number of aromatic amines is 1. The summed E-state index contributed by atoms with van der Waals surface area (Å²) in [6, 6.07) is 26.9. The second kappa shape index (κ2) is 9.29. The Morgan fingerprint density at radius 1 is 0.943 bits per heavy atom. The lowest BCUT2D eigenvalue weighted by molar-refractivity contribution is -0.111. The zero-order valence-electron chi connectivity index (χ0n) is 19.2. The van der Waals surface area contributed by atoms with Gasteiger partial charge in [0.1, 0.15) is 0 Å². The molecule has 35 heavy (non-hydrogen) atoms. The van der Waals surface area contributed by atoms with Gasteiger partial charge in [-0.2, -0.15) is 0 Å². The van der Waals surface area contributed by atoms with Crippen molar-refractivity contribution in [2.45, 2.75) is 30.5 Å². The first kappa shape index (κ1) is 22.0. The first-order valence-electron chi connectivity index (χ1n) is 11.7. The summed E-state index contributed by atoms with van der Waals surface area (Å²) in [5.74, 6) is 0. The van der Waals surface area contributed by atoms with E-state index in [2.05, 4.69) is 53.3 Å². The fraction of sp³-hybridized carbons (Fsp3) is 0.138. The number of carbonyl (C=O) groups excluding carboxylic acids is 1. The summed E-state index contributed by atoms with van der Waals surface area (Å²) in [5, 5.41) is 2.49. The molecule has 0 saturated heterocycles. The highest BCUT2D eigenvalue weighted by Crippen LogP contribution is 2.34. The number of thiazole rings is 1. The maximum absolute atomic E-state index is 12.7. The number of rotatable bonds is 6. The number of benzene rings is 3. The van der Waals surface area contributed by atoms with Gasteiger partial charge in [-0.05, 0) is 73.5 Å². The van der Waals surface area contributed by atoms with Crippen molar-refractivity contribution in [1.29, 1.82) is 0 Å². The molecule has 3 aromatic carbocycles. The van der Waals surface area contributed by atoms with Crippen LogP contribution in [-0.4, -0.2) is 20.1 Å². The van der Waals surface area contributed by atoms with Gasteiger partial charge in [0.25, 0.3) is 0 Å². The molecule has 3 aromatic heterocycles. The number of hydrogen-bond acceptors (Lipinski definition) is 5. The summed E-state index contributed by atoms with van der Waals surface area (Å²) in [7, 11) is 0. The lowest BCUT2D eigenvalue weighted by Crippen LogP contribution is -1.96. The van der Waals surface area contributed by atoms with Crippen LogP contribution in [0.5, 0.6) is 0 Å². The van der Waals surface area contributed by atoms with E-state index in [-0.39, 0.29) is 5.12 Å². The molecule has 6 rings (SSSR count). The van der Waals surface area contributed by atoms with Crippen molar-refractivity contribution in [3.05, 3.63) is 90.0 Å². The Bertz CT molecular complexity index is 1670. The number of pyridine rings is 1. The molecule has 0 aliphatic heterocycles. The van der Waals surface area contributed by atoms with E-state index in [1.54, 1.807) is 11.3 Å². The lowest BCUT2D eigenvalue weighted by atomic mass is 10.0. The maximum Gasteiger partial charge on any atom is 0.195 e. The molecule has 0 spiro atoms. The summed E-state index contributed by atoms with van der Waals surface area (Å²) < 4.78 is 1.93. The van der Waals surface area contributed by atoms with Crippen molar-refractivity contribution >= 4 is 60.2 Å². The minimum absolute atomic E-state index is 0.158. The van der Waals surface area contributed by atoms with Gasteiger partial charge in [-0.3, -0.25) is 4.79 Å². The van der Waals surface area contributed by atoms with E-state index >= 15 is 0 Å². The minimum atomic E-state index is 0.158. The molecule has 172 valence electrons.